The van der Waals surface area contributed by atoms with Crippen LogP contribution in [0.25, 0.3) is 0 Å². The molecule has 3 heteroatoms. The SMILES string of the molecule is COc1ccc(C(C(C)N)N2CCC(C)C(C)C2)cc1. The maximum atomic E-state index is 6.28. The zero-order valence-corrected chi connectivity index (χ0v) is 13.2. The van der Waals surface area contributed by atoms with Crippen molar-refractivity contribution >= 4 is 0 Å². The Labute approximate surface area is 123 Å². The summed E-state index contributed by atoms with van der Waals surface area (Å²) in [5.41, 5.74) is 7.57. The fraction of sp³-hybridized carbons (Fsp3) is 0.647. The van der Waals surface area contributed by atoms with Crippen LogP contribution in [-0.4, -0.2) is 31.1 Å². The van der Waals surface area contributed by atoms with Gasteiger partial charge in [0.05, 0.1) is 7.11 Å². The first-order chi connectivity index (χ1) is 9.52. The average molecular weight is 276 g/mol. The number of hydrogen-bond donors (Lipinski definition) is 1. The highest BCUT2D eigenvalue weighted by Gasteiger charge is 2.30. The van der Waals surface area contributed by atoms with Crippen LogP contribution < -0.4 is 10.5 Å². The molecule has 4 atom stereocenters. The van der Waals surface area contributed by atoms with Crippen molar-refractivity contribution in [1.29, 1.82) is 0 Å². The Morgan fingerprint density at radius 3 is 2.35 bits per heavy atom. The third-order valence-electron chi connectivity index (χ3n) is 4.71. The second-order valence-electron chi connectivity index (χ2n) is 6.32. The lowest BCUT2D eigenvalue weighted by atomic mass is 9.86. The van der Waals surface area contributed by atoms with Crippen molar-refractivity contribution in [3.8, 4) is 5.75 Å². The summed E-state index contributed by atoms with van der Waals surface area (Å²) in [7, 11) is 1.70. The van der Waals surface area contributed by atoms with Gasteiger partial charge in [0, 0.05) is 18.6 Å². The molecular formula is C17H28N2O. The molecule has 1 aliphatic rings. The quantitative estimate of drug-likeness (QED) is 0.918. The molecule has 1 aromatic carbocycles. The molecule has 1 aliphatic heterocycles. The molecule has 1 fully saturated rings. The summed E-state index contributed by atoms with van der Waals surface area (Å²) in [6, 6.07) is 8.78. The van der Waals surface area contributed by atoms with E-state index in [0.29, 0.717) is 6.04 Å². The summed E-state index contributed by atoms with van der Waals surface area (Å²) in [5.74, 6) is 2.46. The highest BCUT2D eigenvalue weighted by Crippen LogP contribution is 2.31. The Bertz CT molecular complexity index is 416. The highest BCUT2D eigenvalue weighted by atomic mass is 16.5. The Morgan fingerprint density at radius 2 is 1.85 bits per heavy atom. The average Bonchev–Trinajstić information content (AvgIpc) is 2.43. The molecule has 1 saturated heterocycles. The van der Waals surface area contributed by atoms with Gasteiger partial charge in [0.2, 0.25) is 0 Å². The number of ether oxygens (including phenoxy) is 1. The summed E-state index contributed by atoms with van der Waals surface area (Å²) in [4.78, 5) is 2.55. The zero-order valence-electron chi connectivity index (χ0n) is 13.2. The predicted molar refractivity (Wildman–Crippen MR) is 83.9 cm³/mol. The van der Waals surface area contributed by atoms with E-state index in [1.54, 1.807) is 7.11 Å². The third-order valence-corrected chi connectivity index (χ3v) is 4.71. The van der Waals surface area contributed by atoms with Crippen LogP contribution in [0.4, 0.5) is 0 Å². The lowest BCUT2D eigenvalue weighted by Crippen LogP contribution is -2.46. The predicted octanol–water partition coefficient (Wildman–Crippen LogP) is 3.06. The molecule has 0 aliphatic carbocycles. The minimum Gasteiger partial charge on any atom is -0.497 e. The van der Waals surface area contributed by atoms with E-state index in [2.05, 4.69) is 37.8 Å². The van der Waals surface area contributed by atoms with Crippen LogP contribution >= 0.6 is 0 Å². The Morgan fingerprint density at radius 1 is 1.20 bits per heavy atom. The minimum absolute atomic E-state index is 0.129. The van der Waals surface area contributed by atoms with Crippen LogP contribution in [0.5, 0.6) is 5.75 Å². The number of methoxy groups -OCH3 is 1. The van der Waals surface area contributed by atoms with Crippen LogP contribution in [0.2, 0.25) is 0 Å². The fourth-order valence-corrected chi connectivity index (χ4v) is 3.20. The van der Waals surface area contributed by atoms with Crippen molar-refractivity contribution in [2.45, 2.75) is 39.3 Å². The molecule has 20 heavy (non-hydrogen) atoms. The molecule has 0 bridgehead atoms. The molecular weight excluding hydrogens is 248 g/mol. The van der Waals surface area contributed by atoms with E-state index >= 15 is 0 Å². The molecule has 3 nitrogen and oxygen atoms in total. The van der Waals surface area contributed by atoms with E-state index in [1.807, 2.05) is 12.1 Å². The molecule has 4 unspecified atom stereocenters. The summed E-state index contributed by atoms with van der Waals surface area (Å²) in [6.07, 6.45) is 1.26. The van der Waals surface area contributed by atoms with E-state index in [9.17, 15) is 0 Å². The van der Waals surface area contributed by atoms with Crippen molar-refractivity contribution < 1.29 is 4.74 Å². The molecule has 1 aromatic rings. The molecule has 0 spiro atoms. The smallest absolute Gasteiger partial charge is 0.118 e. The summed E-state index contributed by atoms with van der Waals surface area (Å²) >= 11 is 0. The first-order valence-electron chi connectivity index (χ1n) is 7.66. The van der Waals surface area contributed by atoms with Gasteiger partial charge in [-0.05, 0) is 49.4 Å². The van der Waals surface area contributed by atoms with Gasteiger partial charge in [-0.1, -0.05) is 26.0 Å². The lowest BCUT2D eigenvalue weighted by molar-refractivity contribution is 0.0851. The normalized spacial score (nSPS) is 27.1. The van der Waals surface area contributed by atoms with Crippen LogP contribution in [0.1, 0.15) is 38.8 Å². The van der Waals surface area contributed by atoms with Crippen molar-refractivity contribution in [3.05, 3.63) is 29.8 Å². The van der Waals surface area contributed by atoms with E-state index in [0.717, 1.165) is 30.7 Å². The van der Waals surface area contributed by atoms with Gasteiger partial charge in [0.25, 0.3) is 0 Å². The monoisotopic (exact) mass is 276 g/mol. The molecule has 0 amide bonds. The Kier molecular flexibility index (Phi) is 5.06. The third kappa shape index (κ3) is 3.33. The molecule has 2 N–H and O–H groups in total. The van der Waals surface area contributed by atoms with E-state index in [-0.39, 0.29) is 6.04 Å². The molecule has 0 radical (unpaired) electrons. The van der Waals surface area contributed by atoms with Crippen LogP contribution in [-0.2, 0) is 0 Å². The van der Waals surface area contributed by atoms with Crippen LogP contribution in [0, 0.1) is 11.8 Å². The first-order valence-corrected chi connectivity index (χ1v) is 7.66. The van der Waals surface area contributed by atoms with Gasteiger partial charge < -0.3 is 10.5 Å². The topological polar surface area (TPSA) is 38.5 Å². The number of rotatable bonds is 4. The van der Waals surface area contributed by atoms with E-state index in [4.69, 9.17) is 10.5 Å². The molecule has 112 valence electrons. The van der Waals surface area contributed by atoms with Crippen molar-refractivity contribution in [1.82, 2.24) is 4.90 Å². The zero-order chi connectivity index (χ0) is 14.7. The van der Waals surface area contributed by atoms with Gasteiger partial charge in [-0.3, -0.25) is 4.90 Å². The van der Waals surface area contributed by atoms with Crippen LogP contribution in [0.15, 0.2) is 24.3 Å². The maximum Gasteiger partial charge on any atom is 0.118 e. The van der Waals surface area contributed by atoms with Gasteiger partial charge in [0.15, 0.2) is 0 Å². The van der Waals surface area contributed by atoms with Crippen molar-refractivity contribution in [3.63, 3.8) is 0 Å². The Balaban J connectivity index is 2.18. The van der Waals surface area contributed by atoms with Gasteiger partial charge >= 0.3 is 0 Å². The van der Waals surface area contributed by atoms with Gasteiger partial charge in [-0.15, -0.1) is 0 Å². The van der Waals surface area contributed by atoms with E-state index < -0.39 is 0 Å². The summed E-state index contributed by atoms with van der Waals surface area (Å²) < 4.78 is 5.24. The standard InChI is InChI=1S/C17H28N2O/c1-12-9-10-19(11-13(12)2)17(14(3)18)15-5-7-16(20-4)8-6-15/h5-8,12-14,17H,9-11,18H2,1-4H3. The molecule has 0 aromatic heterocycles. The van der Waals surface area contributed by atoms with Crippen molar-refractivity contribution in [2.24, 2.45) is 17.6 Å². The second-order valence-corrected chi connectivity index (χ2v) is 6.32. The molecule has 0 saturated carbocycles. The van der Waals surface area contributed by atoms with E-state index in [1.165, 1.54) is 12.0 Å². The minimum atomic E-state index is 0.129. The second kappa shape index (κ2) is 6.59. The number of likely N-dealkylation sites (tertiary alicyclic amines) is 1. The number of benzene rings is 1. The number of hydrogen-bond acceptors (Lipinski definition) is 3. The molecule has 2 rings (SSSR count). The van der Waals surface area contributed by atoms with Crippen LogP contribution in [0.3, 0.4) is 0 Å². The maximum absolute atomic E-state index is 6.28. The number of nitrogens with two attached hydrogens (primary N) is 1. The summed E-state index contributed by atoms with van der Waals surface area (Å²) in [6.45, 7) is 9.10. The van der Waals surface area contributed by atoms with Gasteiger partial charge in [-0.25, -0.2) is 0 Å². The van der Waals surface area contributed by atoms with Gasteiger partial charge in [-0.2, -0.15) is 0 Å². The number of piperidine rings is 1. The summed E-state index contributed by atoms with van der Waals surface area (Å²) in [5, 5.41) is 0. The number of nitrogens with zero attached hydrogens (tertiary/aromatic N) is 1. The first kappa shape index (κ1) is 15.3. The molecule has 1 heterocycles. The van der Waals surface area contributed by atoms with Crippen molar-refractivity contribution in [2.75, 3.05) is 20.2 Å². The highest BCUT2D eigenvalue weighted by molar-refractivity contribution is 5.30. The van der Waals surface area contributed by atoms with Gasteiger partial charge in [0.1, 0.15) is 5.75 Å². The largest absolute Gasteiger partial charge is 0.497 e. The Hall–Kier alpha value is -1.06. The lowest BCUT2D eigenvalue weighted by Gasteiger charge is -2.42. The fourth-order valence-electron chi connectivity index (χ4n) is 3.20.